The summed E-state index contributed by atoms with van der Waals surface area (Å²) in [4.78, 5) is 52.8. The van der Waals surface area contributed by atoms with Crippen molar-refractivity contribution < 1.29 is 29.0 Å². The second-order valence-electron chi connectivity index (χ2n) is 13.6. The van der Waals surface area contributed by atoms with Gasteiger partial charge in [-0.3, -0.25) is 14.4 Å². The lowest BCUT2D eigenvalue weighted by atomic mass is 9.47. The molecule has 2 aromatic rings. The van der Waals surface area contributed by atoms with Crippen LogP contribution in [0.1, 0.15) is 83.6 Å². The maximum absolute atomic E-state index is 12.9. The first-order valence-electron chi connectivity index (χ1n) is 15.6. The molecule has 0 aliphatic heterocycles. The van der Waals surface area contributed by atoms with Crippen molar-refractivity contribution in [3.63, 3.8) is 0 Å². The number of ether oxygens (including phenoxy) is 1. The molecule has 1 heterocycles. The van der Waals surface area contributed by atoms with Crippen LogP contribution in [-0.2, 0) is 30.3 Å². The van der Waals surface area contributed by atoms with E-state index in [0.717, 1.165) is 61.4 Å². The van der Waals surface area contributed by atoms with Crippen molar-refractivity contribution in [3.05, 3.63) is 47.7 Å². The molecule has 7 atom stereocenters. The van der Waals surface area contributed by atoms with Gasteiger partial charge in [-0.1, -0.05) is 37.6 Å². The van der Waals surface area contributed by atoms with Crippen LogP contribution in [0.3, 0.4) is 0 Å². The van der Waals surface area contributed by atoms with Gasteiger partial charge in [-0.15, -0.1) is 0 Å². The van der Waals surface area contributed by atoms with Crippen LogP contribution in [0.2, 0.25) is 0 Å². The number of carbonyl (C=O) groups excluding carboxylic acids is 3. The lowest BCUT2D eigenvalue weighted by Gasteiger charge is -2.57. The zero-order valence-corrected chi connectivity index (χ0v) is 24.6. The summed E-state index contributed by atoms with van der Waals surface area (Å²) >= 11 is 0. The SMILES string of the molecule is C[C@]12CCC3C(CCC4=CC(=O)CC[C@@]43C)C1CCC2OC(=O)CCC(=O)NC(Cc1c[nH]c2ccccc12)C(=O)O. The summed E-state index contributed by atoms with van der Waals surface area (Å²) in [6, 6.07) is 6.53. The highest BCUT2D eigenvalue weighted by Gasteiger charge is 2.60. The van der Waals surface area contributed by atoms with Crippen LogP contribution in [0, 0.1) is 28.6 Å². The first-order valence-corrected chi connectivity index (χ1v) is 15.6. The molecule has 4 aliphatic carbocycles. The average Bonchev–Trinajstić information content (AvgIpc) is 3.52. The van der Waals surface area contributed by atoms with Crippen LogP contribution >= 0.6 is 0 Å². The van der Waals surface area contributed by atoms with E-state index >= 15 is 0 Å². The van der Waals surface area contributed by atoms with Crippen molar-refractivity contribution in [1.29, 1.82) is 0 Å². The number of benzene rings is 1. The molecule has 4 aliphatic rings. The predicted octanol–water partition coefficient (Wildman–Crippen LogP) is 5.50. The van der Waals surface area contributed by atoms with Crippen LogP contribution in [0.5, 0.6) is 0 Å². The number of rotatable bonds is 8. The van der Waals surface area contributed by atoms with E-state index in [2.05, 4.69) is 24.1 Å². The minimum Gasteiger partial charge on any atom is -0.480 e. The lowest BCUT2D eigenvalue weighted by Crippen LogP contribution is -2.51. The number of hydrogen-bond acceptors (Lipinski definition) is 5. The Morgan fingerprint density at radius 3 is 2.67 bits per heavy atom. The van der Waals surface area contributed by atoms with Gasteiger partial charge < -0.3 is 20.1 Å². The van der Waals surface area contributed by atoms with Crippen LogP contribution in [-0.4, -0.2) is 45.9 Å². The number of allylic oxidation sites excluding steroid dienone is 1. The molecule has 5 unspecified atom stereocenters. The van der Waals surface area contributed by atoms with Gasteiger partial charge in [0.1, 0.15) is 12.1 Å². The smallest absolute Gasteiger partial charge is 0.326 e. The summed E-state index contributed by atoms with van der Waals surface area (Å²) in [6.45, 7) is 4.66. The number of esters is 1. The van der Waals surface area contributed by atoms with Crippen molar-refractivity contribution in [2.24, 2.45) is 28.6 Å². The number of carboxylic acids is 1. The normalized spacial score (nSPS) is 32.7. The molecule has 6 rings (SSSR count). The molecule has 3 N–H and O–H groups in total. The van der Waals surface area contributed by atoms with Crippen LogP contribution in [0.25, 0.3) is 10.9 Å². The fraction of sp³-hybridized carbons (Fsp3) is 0.588. The molecule has 0 bridgehead atoms. The van der Waals surface area contributed by atoms with Gasteiger partial charge in [0.25, 0.3) is 0 Å². The third-order valence-corrected chi connectivity index (χ3v) is 11.4. The first kappa shape index (κ1) is 28.7. The molecular weight excluding hydrogens is 532 g/mol. The molecule has 3 fully saturated rings. The van der Waals surface area contributed by atoms with Crippen molar-refractivity contribution >= 4 is 34.5 Å². The summed E-state index contributed by atoms with van der Waals surface area (Å²) in [5.74, 6) is -0.0533. The number of fused-ring (bicyclic) bond motifs is 6. The average molecular weight is 575 g/mol. The van der Waals surface area contributed by atoms with Gasteiger partial charge in [-0.2, -0.15) is 0 Å². The van der Waals surface area contributed by atoms with E-state index in [1.54, 1.807) is 6.20 Å². The van der Waals surface area contributed by atoms with Gasteiger partial charge in [0, 0.05) is 41.8 Å². The Hall–Kier alpha value is -3.42. The Balaban J connectivity index is 1.03. The number of carboxylic acid groups (broad SMARTS) is 1. The Morgan fingerprint density at radius 2 is 1.86 bits per heavy atom. The van der Waals surface area contributed by atoms with Crippen LogP contribution < -0.4 is 5.32 Å². The predicted molar refractivity (Wildman–Crippen MR) is 157 cm³/mol. The molecule has 0 radical (unpaired) electrons. The van der Waals surface area contributed by atoms with Crippen molar-refractivity contribution in [1.82, 2.24) is 10.3 Å². The molecule has 3 saturated carbocycles. The number of para-hydroxylation sites is 1. The van der Waals surface area contributed by atoms with Crippen molar-refractivity contribution in [2.45, 2.75) is 96.6 Å². The standard InChI is InChI=1S/C34H42N2O6/c1-33-15-13-22(37)18-21(33)7-8-24-25-9-10-29(34(25,2)16-14-26(24)33)42-31(39)12-11-30(38)36-28(32(40)41)17-20-19-35-27-6-4-3-5-23(20)27/h3-6,18-19,24-26,28-29,35H,7-17H2,1-2H3,(H,36,38)(H,40,41)/t24?,25?,26?,28?,29?,33-,34-/m0/s1. The van der Waals surface area contributed by atoms with Crippen LogP contribution in [0.15, 0.2) is 42.1 Å². The summed E-state index contributed by atoms with van der Waals surface area (Å²) in [6.07, 6.45) is 11.2. The molecule has 8 heteroatoms. The fourth-order valence-electron chi connectivity index (χ4n) is 9.13. The molecule has 1 aromatic heterocycles. The third-order valence-electron chi connectivity index (χ3n) is 11.4. The number of aromatic nitrogens is 1. The summed E-state index contributed by atoms with van der Waals surface area (Å²) in [5.41, 5.74) is 3.12. The Labute approximate surface area is 246 Å². The van der Waals surface area contributed by atoms with Gasteiger partial charge in [0.05, 0.1) is 6.42 Å². The molecule has 1 amide bonds. The largest absolute Gasteiger partial charge is 0.480 e. The second kappa shape index (κ2) is 11.0. The highest BCUT2D eigenvalue weighted by molar-refractivity contribution is 5.91. The number of aliphatic carboxylic acids is 1. The zero-order valence-electron chi connectivity index (χ0n) is 24.6. The Morgan fingerprint density at radius 1 is 1.05 bits per heavy atom. The number of nitrogens with one attached hydrogen (secondary N) is 2. The molecule has 224 valence electrons. The number of H-pyrrole nitrogens is 1. The summed E-state index contributed by atoms with van der Waals surface area (Å²) in [7, 11) is 0. The quantitative estimate of drug-likeness (QED) is 0.357. The maximum Gasteiger partial charge on any atom is 0.326 e. The highest BCUT2D eigenvalue weighted by Crippen LogP contribution is 2.65. The minimum absolute atomic E-state index is 0.0745. The highest BCUT2D eigenvalue weighted by atomic mass is 16.5. The van der Waals surface area contributed by atoms with Crippen LogP contribution in [0.4, 0.5) is 0 Å². The summed E-state index contributed by atoms with van der Waals surface area (Å²) < 4.78 is 6.05. The van der Waals surface area contributed by atoms with Crippen molar-refractivity contribution in [2.75, 3.05) is 0 Å². The lowest BCUT2D eigenvalue weighted by molar-refractivity contribution is -0.160. The van der Waals surface area contributed by atoms with Gasteiger partial charge in [-0.05, 0) is 85.8 Å². The number of carbonyl (C=O) groups is 4. The van der Waals surface area contributed by atoms with Gasteiger partial charge in [-0.25, -0.2) is 4.79 Å². The number of ketones is 1. The molecule has 42 heavy (non-hydrogen) atoms. The first-order chi connectivity index (χ1) is 20.1. The molecule has 0 saturated heterocycles. The molecule has 8 nitrogen and oxygen atoms in total. The molecule has 0 spiro atoms. The fourth-order valence-corrected chi connectivity index (χ4v) is 9.13. The zero-order chi connectivity index (χ0) is 29.6. The van der Waals surface area contributed by atoms with Crippen molar-refractivity contribution in [3.8, 4) is 0 Å². The monoisotopic (exact) mass is 574 g/mol. The number of aromatic amines is 1. The van der Waals surface area contributed by atoms with E-state index < -0.39 is 23.9 Å². The van der Waals surface area contributed by atoms with E-state index in [-0.39, 0.29) is 42.0 Å². The van der Waals surface area contributed by atoms with E-state index in [4.69, 9.17) is 4.74 Å². The third kappa shape index (κ3) is 5.07. The number of hydrogen-bond donors (Lipinski definition) is 3. The maximum atomic E-state index is 12.9. The topological polar surface area (TPSA) is 126 Å². The van der Waals surface area contributed by atoms with E-state index in [9.17, 15) is 24.3 Å². The Kier molecular flexibility index (Phi) is 7.52. The summed E-state index contributed by atoms with van der Waals surface area (Å²) in [5, 5.41) is 13.3. The van der Waals surface area contributed by atoms with E-state index in [1.165, 1.54) is 5.57 Å². The number of amides is 1. The minimum atomic E-state index is -1.12. The second-order valence-corrected chi connectivity index (χ2v) is 13.6. The van der Waals surface area contributed by atoms with Gasteiger partial charge in [0.2, 0.25) is 5.91 Å². The molecule has 1 aromatic carbocycles. The Bertz CT molecular complexity index is 1440. The van der Waals surface area contributed by atoms with Gasteiger partial charge >= 0.3 is 11.9 Å². The van der Waals surface area contributed by atoms with Gasteiger partial charge in [0.15, 0.2) is 5.78 Å². The molecular formula is C34H42N2O6. The van der Waals surface area contributed by atoms with E-state index in [0.29, 0.717) is 24.2 Å². The van der Waals surface area contributed by atoms with E-state index in [1.807, 2.05) is 30.3 Å².